The number of amides is 2. The van der Waals surface area contributed by atoms with Crippen molar-refractivity contribution in [1.82, 2.24) is 19.8 Å². The van der Waals surface area contributed by atoms with Crippen molar-refractivity contribution in [2.75, 3.05) is 38.6 Å². The predicted octanol–water partition coefficient (Wildman–Crippen LogP) is 0.225. The highest BCUT2D eigenvalue weighted by molar-refractivity contribution is 5.89. The summed E-state index contributed by atoms with van der Waals surface area (Å²) in [6.45, 7) is 6.13. The molecule has 0 aromatic carbocycles. The number of carbonyl (C=O) groups is 2. The summed E-state index contributed by atoms with van der Waals surface area (Å²) in [6, 6.07) is 0. The molecule has 2 aliphatic heterocycles. The van der Waals surface area contributed by atoms with Gasteiger partial charge in [0.25, 0.3) is 5.56 Å². The van der Waals surface area contributed by atoms with Crippen molar-refractivity contribution < 1.29 is 9.59 Å². The molecule has 8 nitrogen and oxygen atoms in total. The summed E-state index contributed by atoms with van der Waals surface area (Å²) in [7, 11) is 3.62. The van der Waals surface area contributed by atoms with Crippen LogP contribution in [0.5, 0.6) is 0 Å². The van der Waals surface area contributed by atoms with E-state index in [0.29, 0.717) is 55.7 Å². The molecule has 26 heavy (non-hydrogen) atoms. The Bertz CT molecular complexity index is 771. The normalized spacial score (nSPS) is 19.9. The van der Waals surface area contributed by atoms with Gasteiger partial charge in [-0.3, -0.25) is 19.4 Å². The Hall–Kier alpha value is -2.38. The van der Waals surface area contributed by atoms with Crippen LogP contribution in [0.3, 0.4) is 0 Å². The molecule has 0 bridgehead atoms. The van der Waals surface area contributed by atoms with Crippen molar-refractivity contribution in [2.45, 2.75) is 33.2 Å². The van der Waals surface area contributed by atoms with Crippen molar-refractivity contribution in [3.8, 4) is 0 Å². The fourth-order valence-electron chi connectivity index (χ4n) is 3.64. The van der Waals surface area contributed by atoms with Crippen molar-refractivity contribution in [1.29, 1.82) is 0 Å². The Labute approximate surface area is 153 Å². The minimum atomic E-state index is -0.293. The molecule has 1 aromatic rings. The zero-order chi connectivity index (χ0) is 19.0. The van der Waals surface area contributed by atoms with Gasteiger partial charge in [-0.05, 0) is 12.3 Å². The number of nitrogens with zero attached hydrogens (tertiary/aromatic N) is 4. The summed E-state index contributed by atoms with van der Waals surface area (Å²) in [6.07, 6.45) is 0.772. The number of fused-ring (bicyclic) bond motifs is 1. The fourth-order valence-corrected chi connectivity index (χ4v) is 3.64. The molecule has 0 spiro atoms. The lowest BCUT2D eigenvalue weighted by Crippen LogP contribution is -2.43. The molecule has 142 valence electrons. The Balaban J connectivity index is 1.73. The monoisotopic (exact) mass is 361 g/mol. The maximum absolute atomic E-state index is 12.9. The van der Waals surface area contributed by atoms with E-state index in [1.807, 2.05) is 14.1 Å². The van der Waals surface area contributed by atoms with Crippen LogP contribution in [0, 0.1) is 11.8 Å². The van der Waals surface area contributed by atoms with Crippen LogP contribution >= 0.6 is 0 Å². The summed E-state index contributed by atoms with van der Waals surface area (Å²) < 4.78 is 0. The Morgan fingerprint density at radius 1 is 1.35 bits per heavy atom. The van der Waals surface area contributed by atoms with Gasteiger partial charge in [0.1, 0.15) is 0 Å². The lowest BCUT2D eigenvalue weighted by Gasteiger charge is -2.30. The van der Waals surface area contributed by atoms with Crippen molar-refractivity contribution in [3.05, 3.63) is 21.6 Å². The van der Waals surface area contributed by atoms with Crippen molar-refractivity contribution in [3.63, 3.8) is 0 Å². The average molecular weight is 361 g/mol. The second kappa shape index (κ2) is 7.09. The third kappa shape index (κ3) is 3.59. The highest BCUT2D eigenvalue weighted by Crippen LogP contribution is 2.24. The van der Waals surface area contributed by atoms with Gasteiger partial charge in [-0.25, -0.2) is 4.98 Å². The first-order chi connectivity index (χ1) is 12.3. The number of anilines is 1. The van der Waals surface area contributed by atoms with E-state index in [4.69, 9.17) is 0 Å². The van der Waals surface area contributed by atoms with Crippen LogP contribution in [-0.4, -0.2) is 65.3 Å². The molecule has 1 fully saturated rings. The molecule has 0 aliphatic carbocycles. The van der Waals surface area contributed by atoms with Gasteiger partial charge in [0.2, 0.25) is 17.8 Å². The number of hydrogen-bond acceptors (Lipinski definition) is 5. The molecule has 1 aromatic heterocycles. The van der Waals surface area contributed by atoms with E-state index < -0.39 is 0 Å². The van der Waals surface area contributed by atoms with Crippen LogP contribution in [-0.2, 0) is 22.6 Å². The fraction of sp³-hybridized carbons (Fsp3) is 0.667. The molecule has 1 N–H and O–H groups in total. The molecule has 8 heteroatoms. The number of rotatable bonds is 4. The lowest BCUT2D eigenvalue weighted by atomic mass is 10.0. The van der Waals surface area contributed by atoms with Gasteiger partial charge in [0.05, 0.1) is 18.2 Å². The Kier molecular flexibility index (Phi) is 5.02. The van der Waals surface area contributed by atoms with Crippen LogP contribution in [0.1, 0.15) is 31.5 Å². The number of nitrogens with one attached hydrogen (secondary N) is 1. The van der Waals surface area contributed by atoms with Crippen molar-refractivity contribution >= 4 is 17.8 Å². The largest absolute Gasteiger partial charge is 0.348 e. The van der Waals surface area contributed by atoms with Gasteiger partial charge in [0.15, 0.2) is 0 Å². The summed E-state index contributed by atoms with van der Waals surface area (Å²) in [4.78, 5) is 49.8. The van der Waals surface area contributed by atoms with Gasteiger partial charge < -0.3 is 14.7 Å². The lowest BCUT2D eigenvalue weighted by molar-refractivity contribution is -0.136. The maximum Gasteiger partial charge on any atom is 0.255 e. The SMILES string of the molecule is CC(C)CN1CC(C(=O)N2CCc3c(nc(N(C)C)[nH]c3=O)C2)CC1=O. The summed E-state index contributed by atoms with van der Waals surface area (Å²) >= 11 is 0. The number of likely N-dealkylation sites (tertiary alicyclic amines) is 1. The van der Waals surface area contributed by atoms with Crippen LogP contribution in [0.2, 0.25) is 0 Å². The van der Waals surface area contributed by atoms with Crippen LogP contribution in [0.15, 0.2) is 4.79 Å². The molecule has 1 unspecified atom stereocenters. The Morgan fingerprint density at radius 3 is 2.73 bits per heavy atom. The van der Waals surface area contributed by atoms with Gasteiger partial charge in [-0.15, -0.1) is 0 Å². The van der Waals surface area contributed by atoms with E-state index in [1.165, 1.54) is 0 Å². The molecule has 1 atom stereocenters. The van der Waals surface area contributed by atoms with E-state index in [1.54, 1.807) is 14.7 Å². The van der Waals surface area contributed by atoms with Crippen molar-refractivity contribution in [2.24, 2.45) is 11.8 Å². The third-order valence-electron chi connectivity index (χ3n) is 4.95. The third-order valence-corrected chi connectivity index (χ3v) is 4.95. The molecule has 0 saturated carbocycles. The first kappa shape index (κ1) is 18.4. The molecule has 0 radical (unpaired) electrons. The second-order valence-corrected chi connectivity index (χ2v) is 7.81. The van der Waals surface area contributed by atoms with E-state index in [2.05, 4.69) is 23.8 Å². The molecule has 3 rings (SSSR count). The first-order valence-corrected chi connectivity index (χ1v) is 9.12. The van der Waals surface area contributed by atoms with Gasteiger partial charge in [-0.2, -0.15) is 0 Å². The van der Waals surface area contributed by atoms with Crippen LogP contribution in [0.4, 0.5) is 5.95 Å². The number of carbonyl (C=O) groups excluding carboxylic acids is 2. The molecular formula is C18H27N5O3. The van der Waals surface area contributed by atoms with Gasteiger partial charge in [0, 0.05) is 45.7 Å². The topological polar surface area (TPSA) is 89.6 Å². The molecule has 2 aliphatic rings. The predicted molar refractivity (Wildman–Crippen MR) is 97.8 cm³/mol. The van der Waals surface area contributed by atoms with E-state index in [9.17, 15) is 14.4 Å². The van der Waals surface area contributed by atoms with Gasteiger partial charge in [-0.1, -0.05) is 13.8 Å². The smallest absolute Gasteiger partial charge is 0.255 e. The number of hydrogen-bond donors (Lipinski definition) is 1. The zero-order valence-corrected chi connectivity index (χ0v) is 15.9. The first-order valence-electron chi connectivity index (χ1n) is 9.12. The minimum Gasteiger partial charge on any atom is -0.348 e. The van der Waals surface area contributed by atoms with E-state index in [0.717, 1.165) is 0 Å². The molecule has 3 heterocycles. The van der Waals surface area contributed by atoms with E-state index in [-0.39, 0.29) is 29.7 Å². The summed E-state index contributed by atoms with van der Waals surface area (Å²) in [5, 5.41) is 0. The number of H-pyrrole nitrogens is 1. The number of aromatic amines is 1. The summed E-state index contributed by atoms with van der Waals surface area (Å²) in [5.41, 5.74) is 1.17. The molecule has 1 saturated heterocycles. The quantitative estimate of drug-likeness (QED) is 0.829. The number of aromatic nitrogens is 2. The standard InChI is InChI=1S/C18H27N5O3/c1-11(2)8-23-9-12(7-15(23)24)17(26)22-6-5-13-14(10-22)19-18(21(3)4)20-16(13)25/h11-12H,5-10H2,1-4H3,(H,19,20,25). The summed E-state index contributed by atoms with van der Waals surface area (Å²) in [5.74, 6) is 0.623. The highest BCUT2D eigenvalue weighted by Gasteiger charge is 2.37. The molecular weight excluding hydrogens is 334 g/mol. The van der Waals surface area contributed by atoms with Crippen LogP contribution in [0.25, 0.3) is 0 Å². The second-order valence-electron chi connectivity index (χ2n) is 7.81. The highest BCUT2D eigenvalue weighted by atomic mass is 16.2. The maximum atomic E-state index is 12.9. The van der Waals surface area contributed by atoms with E-state index >= 15 is 0 Å². The Morgan fingerprint density at radius 2 is 2.08 bits per heavy atom. The zero-order valence-electron chi connectivity index (χ0n) is 15.9. The van der Waals surface area contributed by atoms with Crippen LogP contribution < -0.4 is 10.5 Å². The molecule has 2 amide bonds. The van der Waals surface area contributed by atoms with Gasteiger partial charge >= 0.3 is 0 Å². The minimum absolute atomic E-state index is 0.0104. The average Bonchev–Trinajstić information content (AvgIpc) is 2.93.